The summed E-state index contributed by atoms with van der Waals surface area (Å²) in [5, 5.41) is 12.7. The Morgan fingerprint density at radius 2 is 1.81 bits per heavy atom. The molecule has 0 saturated carbocycles. The molecular weight excluding hydrogens is 465 g/mol. The average molecular weight is 484 g/mol. The minimum Gasteiger partial charge on any atom is -0.324 e. The van der Waals surface area contributed by atoms with Gasteiger partial charge in [-0.2, -0.15) is 0 Å². The fraction of sp³-hybridized carbons (Fsp3) is 0.130. The maximum absolute atomic E-state index is 12.8. The second kappa shape index (κ2) is 10.2. The summed E-state index contributed by atoms with van der Waals surface area (Å²) in [6.45, 7) is 2.38. The molecule has 4 rings (SSSR count). The van der Waals surface area contributed by atoms with Crippen LogP contribution in [0, 0.1) is 0 Å². The van der Waals surface area contributed by atoms with Crippen molar-refractivity contribution in [2.24, 2.45) is 0 Å². The fourth-order valence-electron chi connectivity index (χ4n) is 3.04. The van der Waals surface area contributed by atoms with Gasteiger partial charge in [-0.25, -0.2) is 0 Å². The van der Waals surface area contributed by atoms with E-state index < -0.39 is 5.25 Å². The van der Waals surface area contributed by atoms with Gasteiger partial charge in [-0.3, -0.25) is 14.3 Å². The molecule has 0 aliphatic carbocycles. The number of nitrogens with zero attached hydrogens (tertiary/aromatic N) is 4. The largest absolute Gasteiger partial charge is 0.324 e. The number of thioether (sulfide) groups is 1. The number of halogens is 2. The van der Waals surface area contributed by atoms with Gasteiger partial charge in [-0.05, 0) is 42.8 Å². The standard InChI is InChI=1S/C23H19Cl2N5OS/c1-15(22(31)27-20-13-18(24)7-8-19(20)25)32-23-29-28-21(17-9-11-26-12-10-17)30(23)14-16-5-3-2-4-6-16/h2-13,15H,14H2,1H3,(H,27,31)/t15-/m1/s1. The van der Waals surface area contributed by atoms with Crippen molar-refractivity contribution in [3.63, 3.8) is 0 Å². The van der Waals surface area contributed by atoms with Gasteiger partial charge < -0.3 is 5.32 Å². The summed E-state index contributed by atoms with van der Waals surface area (Å²) < 4.78 is 2.01. The van der Waals surface area contributed by atoms with E-state index in [1.807, 2.05) is 54.0 Å². The molecule has 0 fully saturated rings. The lowest BCUT2D eigenvalue weighted by Gasteiger charge is -2.15. The van der Waals surface area contributed by atoms with Crippen molar-refractivity contribution in [2.45, 2.75) is 23.9 Å². The molecule has 0 saturated heterocycles. The Hall–Kier alpha value is -2.87. The molecule has 32 heavy (non-hydrogen) atoms. The predicted molar refractivity (Wildman–Crippen MR) is 129 cm³/mol. The number of amides is 1. The maximum Gasteiger partial charge on any atom is 0.237 e. The zero-order valence-corrected chi connectivity index (χ0v) is 19.4. The lowest BCUT2D eigenvalue weighted by atomic mass is 10.2. The topological polar surface area (TPSA) is 72.7 Å². The van der Waals surface area contributed by atoms with E-state index >= 15 is 0 Å². The third kappa shape index (κ3) is 5.30. The number of pyridine rings is 1. The minimum absolute atomic E-state index is 0.209. The molecule has 2 heterocycles. The zero-order valence-electron chi connectivity index (χ0n) is 17.1. The van der Waals surface area contributed by atoms with Crippen molar-refractivity contribution in [1.29, 1.82) is 0 Å². The van der Waals surface area contributed by atoms with Gasteiger partial charge in [0.25, 0.3) is 0 Å². The summed E-state index contributed by atoms with van der Waals surface area (Å²) in [4.78, 5) is 16.9. The van der Waals surface area contributed by atoms with E-state index in [0.29, 0.717) is 33.3 Å². The molecule has 0 aliphatic heterocycles. The Morgan fingerprint density at radius 1 is 1.06 bits per heavy atom. The molecule has 0 aliphatic rings. The lowest BCUT2D eigenvalue weighted by Crippen LogP contribution is -2.23. The molecule has 4 aromatic rings. The van der Waals surface area contributed by atoms with Crippen LogP contribution in [-0.2, 0) is 11.3 Å². The van der Waals surface area contributed by atoms with Gasteiger partial charge in [0.1, 0.15) is 0 Å². The minimum atomic E-state index is -0.450. The highest BCUT2D eigenvalue weighted by atomic mass is 35.5. The van der Waals surface area contributed by atoms with Crippen LogP contribution >= 0.6 is 35.0 Å². The summed E-state index contributed by atoms with van der Waals surface area (Å²) in [7, 11) is 0. The van der Waals surface area contributed by atoms with E-state index in [1.54, 1.807) is 30.6 Å². The van der Waals surface area contributed by atoms with Gasteiger partial charge in [0.05, 0.1) is 22.5 Å². The molecule has 2 aromatic carbocycles. The number of rotatable bonds is 7. The predicted octanol–water partition coefficient (Wildman–Crippen LogP) is 5.81. The number of carbonyl (C=O) groups excluding carboxylic acids is 1. The molecule has 0 unspecified atom stereocenters. The van der Waals surface area contributed by atoms with Gasteiger partial charge in [0, 0.05) is 23.0 Å². The van der Waals surface area contributed by atoms with Crippen molar-refractivity contribution < 1.29 is 4.79 Å². The van der Waals surface area contributed by atoms with Crippen LogP contribution in [0.3, 0.4) is 0 Å². The molecule has 6 nitrogen and oxygen atoms in total. The highest BCUT2D eigenvalue weighted by Gasteiger charge is 2.22. The molecule has 1 atom stereocenters. The number of hydrogen-bond donors (Lipinski definition) is 1. The lowest BCUT2D eigenvalue weighted by molar-refractivity contribution is -0.115. The van der Waals surface area contributed by atoms with E-state index in [0.717, 1.165) is 11.1 Å². The second-order valence-electron chi connectivity index (χ2n) is 6.99. The highest BCUT2D eigenvalue weighted by molar-refractivity contribution is 8.00. The molecular formula is C23H19Cl2N5OS. The molecule has 1 N–H and O–H groups in total. The van der Waals surface area contributed by atoms with Crippen molar-refractivity contribution in [3.05, 3.63) is 88.7 Å². The third-order valence-corrected chi connectivity index (χ3v) is 6.32. The van der Waals surface area contributed by atoms with Crippen molar-refractivity contribution in [2.75, 3.05) is 5.32 Å². The normalized spacial score (nSPS) is 11.8. The monoisotopic (exact) mass is 483 g/mol. The van der Waals surface area contributed by atoms with Crippen LogP contribution in [0.5, 0.6) is 0 Å². The first-order valence-corrected chi connectivity index (χ1v) is 11.4. The first-order chi connectivity index (χ1) is 15.5. The van der Waals surface area contributed by atoms with Crippen LogP contribution < -0.4 is 5.32 Å². The van der Waals surface area contributed by atoms with E-state index in [-0.39, 0.29) is 5.91 Å². The van der Waals surface area contributed by atoms with Crippen LogP contribution in [0.15, 0.2) is 78.2 Å². The number of hydrogen-bond acceptors (Lipinski definition) is 5. The quantitative estimate of drug-likeness (QED) is 0.335. The van der Waals surface area contributed by atoms with E-state index in [1.165, 1.54) is 11.8 Å². The van der Waals surface area contributed by atoms with Gasteiger partial charge in [-0.15, -0.1) is 10.2 Å². The maximum atomic E-state index is 12.8. The molecule has 9 heteroatoms. The van der Waals surface area contributed by atoms with Gasteiger partial charge in [-0.1, -0.05) is 65.3 Å². The molecule has 0 radical (unpaired) electrons. The van der Waals surface area contributed by atoms with Gasteiger partial charge in [0.2, 0.25) is 5.91 Å². The Morgan fingerprint density at radius 3 is 2.56 bits per heavy atom. The van der Waals surface area contributed by atoms with Crippen molar-refractivity contribution in [3.8, 4) is 11.4 Å². The Balaban J connectivity index is 1.59. The Bertz CT molecular complexity index is 1220. The van der Waals surface area contributed by atoms with Crippen LogP contribution in [-0.4, -0.2) is 30.9 Å². The molecule has 162 valence electrons. The zero-order chi connectivity index (χ0) is 22.5. The highest BCUT2D eigenvalue weighted by Crippen LogP contribution is 2.30. The Labute approximate surface area is 200 Å². The number of anilines is 1. The number of carbonyl (C=O) groups is 1. The first-order valence-electron chi connectivity index (χ1n) is 9.81. The first kappa shape index (κ1) is 22.3. The third-order valence-electron chi connectivity index (χ3n) is 4.68. The van der Waals surface area contributed by atoms with Gasteiger partial charge in [0.15, 0.2) is 11.0 Å². The molecule has 1 amide bonds. The summed E-state index contributed by atoms with van der Waals surface area (Å²) in [6.07, 6.45) is 3.43. The average Bonchev–Trinajstić information content (AvgIpc) is 3.19. The molecule has 2 aromatic heterocycles. The van der Waals surface area contributed by atoms with Crippen molar-refractivity contribution >= 4 is 46.6 Å². The number of nitrogens with one attached hydrogen (secondary N) is 1. The van der Waals surface area contributed by atoms with Gasteiger partial charge >= 0.3 is 0 Å². The molecule has 0 bridgehead atoms. The summed E-state index contributed by atoms with van der Waals surface area (Å²) in [5.41, 5.74) is 2.48. The van der Waals surface area contributed by atoms with Crippen molar-refractivity contribution in [1.82, 2.24) is 19.7 Å². The van der Waals surface area contributed by atoms with E-state index in [4.69, 9.17) is 23.2 Å². The summed E-state index contributed by atoms with van der Waals surface area (Å²) in [6, 6.07) is 18.8. The number of benzene rings is 2. The van der Waals surface area contributed by atoms with Crippen LogP contribution in [0.2, 0.25) is 10.0 Å². The van der Waals surface area contributed by atoms with E-state index in [2.05, 4.69) is 20.5 Å². The second-order valence-corrected chi connectivity index (χ2v) is 9.14. The fourth-order valence-corrected chi connectivity index (χ4v) is 4.22. The number of aromatic nitrogens is 4. The van der Waals surface area contributed by atoms with Crippen LogP contribution in [0.4, 0.5) is 5.69 Å². The van der Waals surface area contributed by atoms with E-state index in [9.17, 15) is 4.79 Å². The molecule has 0 spiro atoms. The SMILES string of the molecule is C[C@@H](Sc1nnc(-c2ccncc2)n1Cc1ccccc1)C(=O)Nc1cc(Cl)ccc1Cl. The van der Waals surface area contributed by atoms with Crippen LogP contribution in [0.1, 0.15) is 12.5 Å². The summed E-state index contributed by atoms with van der Waals surface area (Å²) >= 11 is 13.5. The smallest absolute Gasteiger partial charge is 0.237 e. The van der Waals surface area contributed by atoms with Crippen LogP contribution in [0.25, 0.3) is 11.4 Å². The Kier molecular flexibility index (Phi) is 7.09. The summed E-state index contributed by atoms with van der Waals surface area (Å²) in [5.74, 6) is 0.503.